The van der Waals surface area contributed by atoms with Crippen LogP contribution >= 0.6 is 0 Å². The van der Waals surface area contributed by atoms with Crippen LogP contribution in [-0.4, -0.2) is 5.78 Å². The minimum absolute atomic E-state index is 0.0989. The molecule has 3 aliphatic carbocycles. The average molecular weight is 257 g/mol. The number of carbonyl (C=O) groups is 1. The van der Waals surface area contributed by atoms with Gasteiger partial charge in [-0.25, -0.2) is 0 Å². The van der Waals surface area contributed by atoms with E-state index in [4.69, 9.17) is 0 Å². The first-order chi connectivity index (χ1) is 9.03. The molecule has 0 aromatic carbocycles. The summed E-state index contributed by atoms with van der Waals surface area (Å²) in [5, 5.41) is 9.74. The Morgan fingerprint density at radius 1 is 1.37 bits per heavy atom. The number of nitriles is 1. The van der Waals surface area contributed by atoms with Crippen molar-refractivity contribution in [2.24, 2.45) is 22.7 Å². The molecule has 102 valence electrons. The van der Waals surface area contributed by atoms with Crippen LogP contribution in [-0.2, 0) is 4.79 Å². The molecule has 0 aromatic rings. The van der Waals surface area contributed by atoms with Crippen LogP contribution in [0.4, 0.5) is 0 Å². The van der Waals surface area contributed by atoms with Gasteiger partial charge in [0.1, 0.15) is 5.78 Å². The number of fused-ring (bicyclic) bond motifs is 3. The molecule has 2 heteroatoms. The maximum Gasteiger partial charge on any atom is 0.136 e. The lowest BCUT2D eigenvalue weighted by Crippen LogP contribution is -2.50. The lowest BCUT2D eigenvalue weighted by Gasteiger charge is -2.55. The second kappa shape index (κ2) is 4.20. The molecule has 0 spiro atoms. The van der Waals surface area contributed by atoms with E-state index in [0.717, 1.165) is 38.5 Å². The first-order valence-electron chi connectivity index (χ1n) is 7.69. The van der Waals surface area contributed by atoms with Gasteiger partial charge in [-0.2, -0.15) is 5.26 Å². The van der Waals surface area contributed by atoms with Gasteiger partial charge in [-0.1, -0.05) is 19.9 Å². The predicted molar refractivity (Wildman–Crippen MR) is 74.2 cm³/mol. The topological polar surface area (TPSA) is 40.9 Å². The Kier molecular flexibility index (Phi) is 2.85. The van der Waals surface area contributed by atoms with E-state index in [1.54, 1.807) is 0 Å². The molecule has 4 atom stereocenters. The average Bonchev–Trinajstić information content (AvgIpc) is 2.43. The SMILES string of the molecule is C[C@H]1C(=O)CC[C@]2(C)C3=CCCC[C@]3(C#N)CC[C@@H]12. The van der Waals surface area contributed by atoms with Crippen molar-refractivity contribution in [1.82, 2.24) is 0 Å². The Morgan fingerprint density at radius 3 is 2.89 bits per heavy atom. The predicted octanol–water partition coefficient (Wildman–Crippen LogP) is 4.02. The highest BCUT2D eigenvalue weighted by Crippen LogP contribution is 2.62. The lowest BCUT2D eigenvalue weighted by atomic mass is 9.47. The van der Waals surface area contributed by atoms with Crippen molar-refractivity contribution in [1.29, 1.82) is 5.26 Å². The number of nitrogens with zero attached hydrogens (tertiary/aromatic N) is 1. The van der Waals surface area contributed by atoms with Crippen LogP contribution in [0.25, 0.3) is 0 Å². The molecule has 2 nitrogen and oxygen atoms in total. The number of carbonyl (C=O) groups excluding carboxylic acids is 1. The van der Waals surface area contributed by atoms with Gasteiger partial charge < -0.3 is 0 Å². The van der Waals surface area contributed by atoms with Crippen molar-refractivity contribution in [3.05, 3.63) is 11.6 Å². The van der Waals surface area contributed by atoms with Crippen molar-refractivity contribution in [3.8, 4) is 6.07 Å². The second-order valence-corrected chi connectivity index (χ2v) is 7.02. The number of allylic oxidation sites excluding steroid dienone is 2. The van der Waals surface area contributed by atoms with Crippen LogP contribution in [0.15, 0.2) is 11.6 Å². The Morgan fingerprint density at radius 2 is 2.16 bits per heavy atom. The number of ketones is 1. The number of hydrogen-bond donors (Lipinski definition) is 0. The van der Waals surface area contributed by atoms with Crippen LogP contribution in [0.3, 0.4) is 0 Å². The lowest BCUT2D eigenvalue weighted by molar-refractivity contribution is -0.131. The molecule has 3 aliphatic rings. The molecule has 0 aromatic heterocycles. The molecule has 0 amide bonds. The van der Waals surface area contributed by atoms with E-state index in [9.17, 15) is 10.1 Å². The molecule has 0 bridgehead atoms. The van der Waals surface area contributed by atoms with Gasteiger partial charge in [-0.05, 0) is 55.4 Å². The molecule has 3 rings (SSSR count). The normalized spacial score (nSPS) is 45.7. The van der Waals surface area contributed by atoms with Crippen LogP contribution in [0.5, 0.6) is 0 Å². The van der Waals surface area contributed by atoms with E-state index in [2.05, 4.69) is 26.0 Å². The van der Waals surface area contributed by atoms with Crippen molar-refractivity contribution in [3.63, 3.8) is 0 Å². The minimum Gasteiger partial charge on any atom is -0.299 e. The first-order valence-corrected chi connectivity index (χ1v) is 7.69. The van der Waals surface area contributed by atoms with Crippen LogP contribution < -0.4 is 0 Å². The zero-order valence-corrected chi connectivity index (χ0v) is 12.0. The van der Waals surface area contributed by atoms with E-state index in [1.165, 1.54) is 5.57 Å². The summed E-state index contributed by atoms with van der Waals surface area (Å²) in [6, 6.07) is 2.65. The van der Waals surface area contributed by atoms with Gasteiger partial charge in [-0.3, -0.25) is 4.79 Å². The van der Waals surface area contributed by atoms with Gasteiger partial charge in [-0.15, -0.1) is 0 Å². The van der Waals surface area contributed by atoms with Gasteiger partial charge in [0.2, 0.25) is 0 Å². The molecule has 2 saturated carbocycles. The van der Waals surface area contributed by atoms with Crippen LogP contribution in [0.1, 0.15) is 58.8 Å². The molecule has 0 radical (unpaired) electrons. The largest absolute Gasteiger partial charge is 0.299 e. The summed E-state index contributed by atoms with van der Waals surface area (Å²) in [5.41, 5.74) is 1.29. The summed E-state index contributed by atoms with van der Waals surface area (Å²) in [6.07, 6.45) is 9.31. The standard InChI is InChI=1S/C17H23NO/c1-12-13-6-10-17(11-18)8-4-3-5-15(17)16(13,2)9-7-14(12)19/h5,12-13H,3-4,6-10H2,1-2H3/t12-,13+,16+,17-/m1/s1. The van der Waals surface area contributed by atoms with E-state index in [-0.39, 0.29) is 16.7 Å². The fraction of sp³-hybridized carbons (Fsp3) is 0.765. The summed E-state index contributed by atoms with van der Waals surface area (Å²) in [6.45, 7) is 4.43. The summed E-state index contributed by atoms with van der Waals surface area (Å²) >= 11 is 0. The van der Waals surface area contributed by atoms with Crippen molar-refractivity contribution in [2.45, 2.75) is 58.8 Å². The van der Waals surface area contributed by atoms with Gasteiger partial charge in [0.25, 0.3) is 0 Å². The Labute approximate surface area is 115 Å². The second-order valence-electron chi connectivity index (χ2n) is 7.02. The highest BCUT2D eigenvalue weighted by molar-refractivity contribution is 5.82. The molecule has 0 unspecified atom stereocenters. The van der Waals surface area contributed by atoms with Gasteiger partial charge in [0, 0.05) is 12.3 Å². The molecule has 0 aliphatic heterocycles. The van der Waals surface area contributed by atoms with Gasteiger partial charge in [0.05, 0.1) is 11.5 Å². The van der Waals surface area contributed by atoms with Gasteiger partial charge >= 0.3 is 0 Å². The maximum atomic E-state index is 12.0. The third-order valence-corrected chi connectivity index (χ3v) is 6.20. The molecule has 0 heterocycles. The molecule has 0 saturated heterocycles. The fourth-order valence-corrected chi connectivity index (χ4v) is 5.07. The third-order valence-electron chi connectivity index (χ3n) is 6.20. The Bertz CT molecular complexity index is 486. The summed E-state index contributed by atoms with van der Waals surface area (Å²) in [4.78, 5) is 12.0. The van der Waals surface area contributed by atoms with E-state index < -0.39 is 0 Å². The zero-order valence-electron chi connectivity index (χ0n) is 12.0. The van der Waals surface area contributed by atoms with E-state index in [1.807, 2.05) is 0 Å². The molecular weight excluding hydrogens is 234 g/mol. The van der Waals surface area contributed by atoms with Crippen molar-refractivity contribution in [2.75, 3.05) is 0 Å². The smallest absolute Gasteiger partial charge is 0.136 e. The maximum absolute atomic E-state index is 12.0. The zero-order chi connectivity index (χ0) is 13.7. The third kappa shape index (κ3) is 1.64. The fourth-order valence-electron chi connectivity index (χ4n) is 5.07. The Hall–Kier alpha value is -1.10. The van der Waals surface area contributed by atoms with E-state index >= 15 is 0 Å². The Balaban J connectivity index is 2.06. The highest BCUT2D eigenvalue weighted by atomic mass is 16.1. The van der Waals surface area contributed by atoms with Crippen LogP contribution in [0.2, 0.25) is 0 Å². The van der Waals surface area contributed by atoms with Crippen molar-refractivity contribution >= 4 is 5.78 Å². The minimum atomic E-state index is -0.205. The molecule has 0 N–H and O–H groups in total. The summed E-state index contributed by atoms with van der Waals surface area (Å²) in [5.74, 6) is 1.07. The van der Waals surface area contributed by atoms with Gasteiger partial charge in [0.15, 0.2) is 0 Å². The quantitative estimate of drug-likeness (QED) is 0.615. The molecule has 19 heavy (non-hydrogen) atoms. The van der Waals surface area contributed by atoms with E-state index in [0.29, 0.717) is 18.1 Å². The number of rotatable bonds is 0. The monoisotopic (exact) mass is 257 g/mol. The summed E-state index contributed by atoms with van der Waals surface area (Å²) < 4.78 is 0. The van der Waals surface area contributed by atoms with Crippen LogP contribution in [0, 0.1) is 34.0 Å². The summed E-state index contributed by atoms with van der Waals surface area (Å²) in [7, 11) is 0. The van der Waals surface area contributed by atoms with Crippen molar-refractivity contribution < 1.29 is 4.79 Å². The highest BCUT2D eigenvalue weighted by Gasteiger charge is 2.56. The molecule has 2 fully saturated rings. The molecular formula is C17H23NO. The number of hydrogen-bond acceptors (Lipinski definition) is 2. The number of Topliss-reactive ketones (excluding diaryl/α,β-unsaturated/α-hetero) is 1. The first kappa shape index (κ1) is 12.9.